The van der Waals surface area contributed by atoms with Crippen LogP contribution in [0.2, 0.25) is 0 Å². The van der Waals surface area contributed by atoms with Crippen LogP contribution in [-0.4, -0.2) is 29.8 Å². The third-order valence-electron chi connectivity index (χ3n) is 5.52. The maximum Gasteiger partial charge on any atom is 0.408 e. The normalized spacial score (nSPS) is 20.4. The first-order valence-corrected chi connectivity index (χ1v) is 10.4. The van der Waals surface area contributed by atoms with Crippen molar-refractivity contribution < 1.29 is 19.1 Å². The molecule has 2 unspecified atom stereocenters. The number of hydrogen-bond acceptors (Lipinski definition) is 4. The van der Waals surface area contributed by atoms with Crippen molar-refractivity contribution in [2.75, 3.05) is 6.61 Å². The van der Waals surface area contributed by atoms with Crippen molar-refractivity contribution in [3.05, 3.63) is 70.3 Å². The van der Waals surface area contributed by atoms with Crippen molar-refractivity contribution in [2.45, 2.75) is 65.0 Å². The Morgan fingerprint density at radius 3 is 2.30 bits per heavy atom. The number of benzene rings is 2. The molecule has 2 aromatic carbocycles. The number of rotatable bonds is 4. The number of carbonyl (C=O) groups excluding carboxylic acids is 2. The van der Waals surface area contributed by atoms with E-state index in [2.05, 4.69) is 5.32 Å². The van der Waals surface area contributed by atoms with Gasteiger partial charge in [-0.05, 0) is 69.4 Å². The smallest absolute Gasteiger partial charge is 0.408 e. The van der Waals surface area contributed by atoms with E-state index in [0.29, 0.717) is 6.42 Å². The molecule has 2 atom stereocenters. The van der Waals surface area contributed by atoms with Crippen LogP contribution in [0.1, 0.15) is 61.4 Å². The summed E-state index contributed by atoms with van der Waals surface area (Å²) in [6, 6.07) is 14.0. The molecule has 0 fully saturated rings. The number of fused-ring (bicyclic) bond motifs is 1. The van der Waals surface area contributed by atoms with Gasteiger partial charge in [-0.1, -0.05) is 42.5 Å². The molecule has 0 heterocycles. The minimum atomic E-state index is -1.28. The van der Waals surface area contributed by atoms with Gasteiger partial charge >= 0.3 is 12.1 Å². The number of esters is 1. The molecule has 1 aliphatic carbocycles. The SMILES string of the molecule is CCOC(=O)C1(NC(=O)OC(C)(C)C)Cc2ccccc2C1c1c(C)cccc1C. The Morgan fingerprint density at radius 1 is 1.07 bits per heavy atom. The quantitative estimate of drug-likeness (QED) is 0.736. The van der Waals surface area contributed by atoms with Crippen LogP contribution in [0.4, 0.5) is 4.79 Å². The van der Waals surface area contributed by atoms with E-state index in [-0.39, 0.29) is 12.5 Å². The molecule has 5 heteroatoms. The summed E-state index contributed by atoms with van der Waals surface area (Å²) in [6.45, 7) is 11.5. The largest absolute Gasteiger partial charge is 0.464 e. The van der Waals surface area contributed by atoms with Crippen LogP contribution in [0.3, 0.4) is 0 Å². The van der Waals surface area contributed by atoms with Gasteiger partial charge in [-0.2, -0.15) is 0 Å². The number of amides is 1. The number of ether oxygens (including phenoxy) is 2. The van der Waals surface area contributed by atoms with Crippen LogP contribution in [0.5, 0.6) is 0 Å². The fraction of sp³-hybridized carbons (Fsp3) is 0.440. The molecule has 3 rings (SSSR count). The summed E-state index contributed by atoms with van der Waals surface area (Å²) < 4.78 is 11.1. The minimum absolute atomic E-state index is 0.229. The van der Waals surface area contributed by atoms with Gasteiger partial charge in [0.25, 0.3) is 0 Å². The van der Waals surface area contributed by atoms with Crippen molar-refractivity contribution in [3.63, 3.8) is 0 Å². The van der Waals surface area contributed by atoms with Crippen LogP contribution in [0, 0.1) is 13.8 Å². The number of carbonyl (C=O) groups is 2. The summed E-state index contributed by atoms with van der Waals surface area (Å²) in [5.41, 5.74) is 3.26. The molecule has 0 saturated carbocycles. The zero-order chi connectivity index (χ0) is 22.1. The lowest BCUT2D eigenvalue weighted by molar-refractivity contribution is -0.151. The number of hydrogen-bond donors (Lipinski definition) is 1. The van der Waals surface area contributed by atoms with Gasteiger partial charge in [0.15, 0.2) is 5.54 Å². The molecule has 1 N–H and O–H groups in total. The van der Waals surface area contributed by atoms with E-state index in [1.54, 1.807) is 27.7 Å². The molecule has 0 radical (unpaired) electrons. The number of alkyl carbamates (subject to hydrolysis) is 1. The van der Waals surface area contributed by atoms with Gasteiger partial charge in [0.1, 0.15) is 5.60 Å². The molecular formula is C25H31NO4. The zero-order valence-electron chi connectivity index (χ0n) is 18.7. The molecule has 0 spiro atoms. The summed E-state index contributed by atoms with van der Waals surface area (Å²) in [5, 5.41) is 2.95. The minimum Gasteiger partial charge on any atom is -0.464 e. The van der Waals surface area contributed by atoms with E-state index in [4.69, 9.17) is 9.47 Å². The average Bonchev–Trinajstić information content (AvgIpc) is 2.95. The predicted octanol–water partition coefficient (Wildman–Crippen LogP) is 4.82. The van der Waals surface area contributed by atoms with Gasteiger partial charge in [0.05, 0.1) is 6.61 Å². The van der Waals surface area contributed by atoms with E-state index in [1.165, 1.54) is 0 Å². The highest BCUT2D eigenvalue weighted by Crippen LogP contribution is 2.48. The van der Waals surface area contributed by atoms with Gasteiger partial charge < -0.3 is 14.8 Å². The molecule has 0 aromatic heterocycles. The molecule has 30 heavy (non-hydrogen) atoms. The summed E-state index contributed by atoms with van der Waals surface area (Å²) in [6.07, 6.45) is -0.278. The Bertz CT molecular complexity index is 940. The third-order valence-corrected chi connectivity index (χ3v) is 5.52. The number of aryl methyl sites for hydroxylation is 2. The van der Waals surface area contributed by atoms with Crippen molar-refractivity contribution in [1.29, 1.82) is 0 Å². The first-order valence-electron chi connectivity index (χ1n) is 10.4. The highest BCUT2D eigenvalue weighted by atomic mass is 16.6. The second-order valence-corrected chi connectivity index (χ2v) is 8.93. The van der Waals surface area contributed by atoms with E-state index in [0.717, 1.165) is 27.8 Å². The Kier molecular flexibility index (Phi) is 5.93. The van der Waals surface area contributed by atoms with E-state index >= 15 is 0 Å². The summed E-state index contributed by atoms with van der Waals surface area (Å²) >= 11 is 0. The van der Waals surface area contributed by atoms with Crippen LogP contribution >= 0.6 is 0 Å². The Hall–Kier alpha value is -2.82. The lowest BCUT2D eigenvalue weighted by atomic mass is 9.76. The first-order chi connectivity index (χ1) is 14.1. The molecule has 0 aliphatic heterocycles. The van der Waals surface area contributed by atoms with Crippen molar-refractivity contribution >= 4 is 12.1 Å². The maximum atomic E-state index is 13.5. The van der Waals surface area contributed by atoms with Gasteiger partial charge in [0, 0.05) is 12.3 Å². The molecule has 2 aromatic rings. The fourth-order valence-electron chi connectivity index (χ4n) is 4.43. The average molecular weight is 410 g/mol. The molecule has 1 amide bonds. The molecule has 0 bridgehead atoms. The second kappa shape index (κ2) is 8.13. The molecule has 0 saturated heterocycles. The summed E-state index contributed by atoms with van der Waals surface area (Å²) in [4.78, 5) is 26.3. The maximum absolute atomic E-state index is 13.5. The van der Waals surface area contributed by atoms with E-state index in [1.807, 2.05) is 56.3 Å². The monoisotopic (exact) mass is 409 g/mol. The topological polar surface area (TPSA) is 64.6 Å². The highest BCUT2D eigenvalue weighted by molar-refractivity contribution is 5.90. The first kappa shape index (κ1) is 21.9. The van der Waals surface area contributed by atoms with Gasteiger partial charge in [-0.15, -0.1) is 0 Å². The van der Waals surface area contributed by atoms with Crippen molar-refractivity contribution in [1.82, 2.24) is 5.32 Å². The molecule has 5 nitrogen and oxygen atoms in total. The van der Waals surface area contributed by atoms with Crippen LogP contribution < -0.4 is 5.32 Å². The fourth-order valence-corrected chi connectivity index (χ4v) is 4.43. The lowest BCUT2D eigenvalue weighted by Crippen LogP contribution is -2.59. The predicted molar refractivity (Wildman–Crippen MR) is 117 cm³/mol. The number of nitrogens with one attached hydrogen (secondary N) is 1. The van der Waals surface area contributed by atoms with Gasteiger partial charge in [-0.3, -0.25) is 0 Å². The van der Waals surface area contributed by atoms with Crippen molar-refractivity contribution in [2.24, 2.45) is 0 Å². The Balaban J connectivity index is 2.21. The molecule has 160 valence electrons. The van der Waals surface area contributed by atoms with Crippen LogP contribution in [0.15, 0.2) is 42.5 Å². The van der Waals surface area contributed by atoms with Crippen LogP contribution in [-0.2, 0) is 20.7 Å². The standard InChI is InChI=1S/C25H31NO4/c1-7-29-22(27)25(26-23(28)30-24(4,5)6)15-18-13-8-9-14-19(18)21(25)20-16(2)11-10-12-17(20)3/h8-14,21H,7,15H2,1-6H3,(H,26,28). The molecular weight excluding hydrogens is 378 g/mol. The highest BCUT2D eigenvalue weighted by Gasteiger charge is 2.55. The zero-order valence-corrected chi connectivity index (χ0v) is 18.7. The van der Waals surface area contributed by atoms with Crippen LogP contribution in [0.25, 0.3) is 0 Å². The second-order valence-electron chi connectivity index (χ2n) is 8.93. The summed E-state index contributed by atoms with van der Waals surface area (Å²) in [5.74, 6) is -0.818. The van der Waals surface area contributed by atoms with Crippen molar-refractivity contribution in [3.8, 4) is 0 Å². The van der Waals surface area contributed by atoms with Gasteiger partial charge in [0.2, 0.25) is 0 Å². The Labute approximate surface area is 178 Å². The molecule has 1 aliphatic rings. The van der Waals surface area contributed by atoms with Gasteiger partial charge in [-0.25, -0.2) is 9.59 Å². The Morgan fingerprint density at radius 2 is 1.70 bits per heavy atom. The van der Waals surface area contributed by atoms with E-state index in [9.17, 15) is 9.59 Å². The third kappa shape index (κ3) is 4.07. The van der Waals surface area contributed by atoms with E-state index < -0.39 is 23.2 Å². The summed E-state index contributed by atoms with van der Waals surface area (Å²) in [7, 11) is 0. The lowest BCUT2D eigenvalue weighted by Gasteiger charge is -2.36.